The first-order chi connectivity index (χ1) is 11.4. The summed E-state index contributed by atoms with van der Waals surface area (Å²) in [6.07, 6.45) is 11.6. The number of urea groups is 2. The maximum Gasteiger partial charge on any atom is 0.312 e. The van der Waals surface area contributed by atoms with E-state index in [-0.39, 0.29) is 12.1 Å². The molecule has 0 spiro atoms. The number of hydrogen-bond acceptors (Lipinski definition) is 2. The molecular weight excluding hydrogens is 304 g/mol. The maximum absolute atomic E-state index is 11.2. The minimum atomic E-state index is -0.403. The van der Waals surface area contributed by atoms with E-state index >= 15 is 0 Å². The van der Waals surface area contributed by atoms with Gasteiger partial charge in [0.2, 0.25) is 0 Å². The molecule has 0 aromatic carbocycles. The molecule has 0 aromatic rings. The van der Waals surface area contributed by atoms with Gasteiger partial charge in [-0.1, -0.05) is 26.2 Å². The van der Waals surface area contributed by atoms with E-state index in [0.29, 0.717) is 5.92 Å². The van der Waals surface area contributed by atoms with Gasteiger partial charge >= 0.3 is 12.1 Å². The van der Waals surface area contributed by atoms with Crippen molar-refractivity contribution in [3.05, 3.63) is 0 Å². The smallest absolute Gasteiger partial charge is 0.312 e. The van der Waals surface area contributed by atoms with Crippen molar-refractivity contribution in [2.45, 2.75) is 83.2 Å². The molecule has 2 unspecified atom stereocenters. The quantitative estimate of drug-likeness (QED) is 0.632. The van der Waals surface area contributed by atoms with Crippen molar-refractivity contribution in [3.8, 4) is 0 Å². The Hall–Kier alpha value is -1.46. The lowest BCUT2D eigenvalue weighted by Gasteiger charge is -2.34. The summed E-state index contributed by atoms with van der Waals surface area (Å²) in [6, 6.07) is -0.315. The van der Waals surface area contributed by atoms with Gasteiger partial charge in [0.05, 0.1) is 0 Å². The zero-order valence-corrected chi connectivity index (χ0v) is 14.9. The molecule has 0 radical (unpaired) electrons. The van der Waals surface area contributed by atoms with Crippen LogP contribution in [-0.4, -0.2) is 24.1 Å². The summed E-state index contributed by atoms with van der Waals surface area (Å²) in [5.41, 5.74) is 10.5. The first-order valence-electron chi connectivity index (χ1n) is 9.56. The molecule has 2 aliphatic carbocycles. The van der Waals surface area contributed by atoms with Crippen molar-refractivity contribution in [1.29, 1.82) is 0 Å². The van der Waals surface area contributed by atoms with Crippen LogP contribution in [0.25, 0.3) is 0 Å². The number of nitrogens with one attached hydrogen (secondary N) is 2. The first kappa shape index (κ1) is 18.9. The average molecular weight is 338 g/mol. The van der Waals surface area contributed by atoms with Crippen molar-refractivity contribution in [2.75, 3.05) is 0 Å². The largest absolute Gasteiger partial charge is 0.352 e. The fourth-order valence-electron chi connectivity index (χ4n) is 4.72. The first-order valence-corrected chi connectivity index (χ1v) is 9.56. The second kappa shape index (κ2) is 9.14. The highest BCUT2D eigenvalue weighted by atomic mass is 16.2. The number of carbonyl (C=O) groups is 2. The van der Waals surface area contributed by atoms with Gasteiger partial charge in [-0.3, -0.25) is 0 Å². The molecule has 6 nitrogen and oxygen atoms in total. The van der Waals surface area contributed by atoms with E-state index < -0.39 is 12.1 Å². The van der Waals surface area contributed by atoms with Crippen LogP contribution in [0.15, 0.2) is 0 Å². The highest BCUT2D eigenvalue weighted by Gasteiger charge is 2.28. The second-order valence-electron chi connectivity index (χ2n) is 7.94. The van der Waals surface area contributed by atoms with Gasteiger partial charge in [-0.05, 0) is 62.7 Å². The van der Waals surface area contributed by atoms with Crippen LogP contribution in [0, 0.1) is 17.8 Å². The van der Waals surface area contributed by atoms with Crippen LogP contribution in [0.2, 0.25) is 0 Å². The van der Waals surface area contributed by atoms with Crippen LogP contribution in [-0.2, 0) is 0 Å². The van der Waals surface area contributed by atoms with Crippen molar-refractivity contribution >= 4 is 12.1 Å². The number of amides is 4. The van der Waals surface area contributed by atoms with Crippen molar-refractivity contribution < 1.29 is 9.59 Å². The number of rotatable bonds is 4. The predicted octanol–water partition coefficient (Wildman–Crippen LogP) is 2.86. The lowest BCUT2D eigenvalue weighted by Crippen LogP contribution is -2.43. The van der Waals surface area contributed by atoms with Crippen molar-refractivity contribution in [2.24, 2.45) is 29.2 Å². The molecule has 6 N–H and O–H groups in total. The Kier molecular flexibility index (Phi) is 7.18. The summed E-state index contributed by atoms with van der Waals surface area (Å²) in [6.45, 7) is 2.24. The summed E-state index contributed by atoms with van der Waals surface area (Å²) in [5, 5.41) is 5.78. The average Bonchev–Trinajstić information content (AvgIpc) is 2.49. The van der Waals surface area contributed by atoms with Gasteiger partial charge in [-0.15, -0.1) is 0 Å². The fraction of sp³-hybridized carbons (Fsp3) is 0.889. The third-order valence-corrected chi connectivity index (χ3v) is 5.96. The molecule has 6 heteroatoms. The lowest BCUT2D eigenvalue weighted by atomic mass is 9.75. The minimum Gasteiger partial charge on any atom is -0.352 e. The Balaban J connectivity index is 1.79. The molecule has 24 heavy (non-hydrogen) atoms. The Morgan fingerprint density at radius 1 is 0.875 bits per heavy atom. The summed E-state index contributed by atoms with van der Waals surface area (Å²) in [4.78, 5) is 22.1. The number of nitrogens with two attached hydrogens (primary N) is 2. The number of hydrogen-bond donors (Lipinski definition) is 4. The summed E-state index contributed by atoms with van der Waals surface area (Å²) in [5.74, 6) is 1.98. The van der Waals surface area contributed by atoms with Crippen molar-refractivity contribution in [1.82, 2.24) is 10.6 Å². The Morgan fingerprint density at radius 2 is 1.50 bits per heavy atom. The standard InChI is InChI=1S/C18H34N4O2/c1-12-10-14(4-2-3-5-16(12)22-18(20)24)11-13-6-8-15(9-7-13)21-17(19)23/h12-16H,2-11H2,1H3,(H3,19,21,23)(H3,20,22,24)/t12-,13?,14?,15?,16?/m1/s1. The van der Waals surface area contributed by atoms with Crippen LogP contribution in [0.1, 0.15) is 71.1 Å². The predicted molar refractivity (Wildman–Crippen MR) is 95.3 cm³/mol. The van der Waals surface area contributed by atoms with Crippen LogP contribution in [0.4, 0.5) is 9.59 Å². The second-order valence-corrected chi connectivity index (χ2v) is 7.94. The summed E-state index contributed by atoms with van der Waals surface area (Å²) in [7, 11) is 0. The third-order valence-electron chi connectivity index (χ3n) is 5.96. The van der Waals surface area contributed by atoms with E-state index in [2.05, 4.69) is 17.6 Å². The van der Waals surface area contributed by atoms with Crippen LogP contribution in [0.5, 0.6) is 0 Å². The molecule has 0 bridgehead atoms. The molecule has 4 amide bonds. The van der Waals surface area contributed by atoms with Gasteiger partial charge in [-0.2, -0.15) is 0 Å². The van der Waals surface area contributed by atoms with E-state index in [1.807, 2.05) is 0 Å². The Labute approximate surface area is 145 Å². The van der Waals surface area contributed by atoms with E-state index in [1.165, 1.54) is 44.9 Å². The summed E-state index contributed by atoms with van der Waals surface area (Å²) >= 11 is 0. The number of primary amides is 2. The Bertz CT molecular complexity index is 421. The zero-order chi connectivity index (χ0) is 17.5. The third kappa shape index (κ3) is 6.21. The van der Waals surface area contributed by atoms with Crippen LogP contribution < -0.4 is 22.1 Å². The highest BCUT2D eigenvalue weighted by Crippen LogP contribution is 2.36. The molecule has 3 atom stereocenters. The normalized spacial score (nSPS) is 34.6. The fourth-order valence-corrected chi connectivity index (χ4v) is 4.72. The van der Waals surface area contributed by atoms with Crippen LogP contribution in [0.3, 0.4) is 0 Å². The lowest BCUT2D eigenvalue weighted by molar-refractivity contribution is 0.192. The highest BCUT2D eigenvalue weighted by molar-refractivity contribution is 5.72. The van der Waals surface area contributed by atoms with Gasteiger partial charge < -0.3 is 22.1 Å². The van der Waals surface area contributed by atoms with Gasteiger partial charge in [-0.25, -0.2) is 9.59 Å². The molecule has 2 saturated carbocycles. The Morgan fingerprint density at radius 3 is 2.12 bits per heavy atom. The molecule has 0 heterocycles. The van der Waals surface area contributed by atoms with E-state index in [0.717, 1.165) is 31.1 Å². The maximum atomic E-state index is 11.2. The summed E-state index contributed by atoms with van der Waals surface area (Å²) < 4.78 is 0. The van der Waals surface area contributed by atoms with E-state index in [1.54, 1.807) is 0 Å². The van der Waals surface area contributed by atoms with E-state index in [4.69, 9.17) is 11.5 Å². The van der Waals surface area contributed by atoms with Gasteiger partial charge in [0.25, 0.3) is 0 Å². The molecule has 0 saturated heterocycles. The molecular formula is C18H34N4O2. The van der Waals surface area contributed by atoms with Crippen LogP contribution >= 0.6 is 0 Å². The molecule has 0 aliphatic heterocycles. The molecule has 2 rings (SSSR count). The van der Waals surface area contributed by atoms with Crippen molar-refractivity contribution in [3.63, 3.8) is 0 Å². The monoisotopic (exact) mass is 338 g/mol. The topological polar surface area (TPSA) is 110 Å². The zero-order valence-electron chi connectivity index (χ0n) is 14.9. The molecule has 138 valence electrons. The minimum absolute atomic E-state index is 0.223. The number of carbonyl (C=O) groups excluding carboxylic acids is 2. The molecule has 2 aliphatic rings. The van der Waals surface area contributed by atoms with Gasteiger partial charge in [0.15, 0.2) is 0 Å². The molecule has 0 aromatic heterocycles. The SMILES string of the molecule is C[C@@H]1CC(CC2CCC(NC(N)=O)CC2)CCCCC1NC(N)=O. The molecule has 2 fully saturated rings. The van der Waals surface area contributed by atoms with Gasteiger partial charge in [0.1, 0.15) is 0 Å². The van der Waals surface area contributed by atoms with E-state index in [9.17, 15) is 9.59 Å². The van der Waals surface area contributed by atoms with Gasteiger partial charge in [0, 0.05) is 12.1 Å².